The Bertz CT molecular complexity index is 957. The lowest BCUT2D eigenvalue weighted by atomic mass is 10.0. The second-order valence-corrected chi connectivity index (χ2v) is 8.68. The van der Waals surface area contributed by atoms with Crippen LogP contribution in [0, 0.1) is 0 Å². The minimum absolute atomic E-state index is 0.0796. The van der Waals surface area contributed by atoms with Gasteiger partial charge in [0, 0.05) is 30.2 Å². The molecule has 162 valence electrons. The van der Waals surface area contributed by atoms with Crippen molar-refractivity contribution in [2.75, 3.05) is 25.1 Å². The summed E-state index contributed by atoms with van der Waals surface area (Å²) >= 11 is 0. The molecule has 0 spiro atoms. The maximum Gasteiger partial charge on any atom is 0.410 e. The molecule has 1 aliphatic heterocycles. The predicted molar refractivity (Wildman–Crippen MR) is 114 cm³/mol. The van der Waals surface area contributed by atoms with E-state index in [0.29, 0.717) is 24.5 Å². The van der Waals surface area contributed by atoms with Gasteiger partial charge in [0.25, 0.3) is 0 Å². The number of hydrogen-bond donors (Lipinski definition) is 1. The topological polar surface area (TPSA) is 92.2 Å². The fourth-order valence-corrected chi connectivity index (χ4v) is 3.94. The first-order chi connectivity index (χ1) is 14.0. The molecule has 2 atom stereocenters. The first-order valence-corrected chi connectivity index (χ1v) is 9.99. The van der Waals surface area contributed by atoms with Gasteiger partial charge in [0.15, 0.2) is 0 Å². The van der Waals surface area contributed by atoms with Gasteiger partial charge in [0.2, 0.25) is 5.88 Å². The predicted octanol–water partition coefficient (Wildman–Crippen LogP) is 3.78. The summed E-state index contributed by atoms with van der Waals surface area (Å²) in [5.41, 5.74) is 0.837. The number of hydrogen-bond acceptors (Lipinski definition) is 6. The molecule has 1 amide bonds. The Morgan fingerprint density at radius 2 is 1.73 bits per heavy atom. The number of piperazine rings is 1. The summed E-state index contributed by atoms with van der Waals surface area (Å²) in [6, 6.07) is 6.78. The van der Waals surface area contributed by atoms with Gasteiger partial charge < -0.3 is 19.5 Å². The number of benzene rings is 1. The first kappa shape index (κ1) is 21.7. The summed E-state index contributed by atoms with van der Waals surface area (Å²) in [5.74, 6) is -0.678. The summed E-state index contributed by atoms with van der Waals surface area (Å²) < 4.78 is 10.8. The van der Waals surface area contributed by atoms with E-state index in [0.717, 1.165) is 11.1 Å². The Kier molecular flexibility index (Phi) is 5.78. The van der Waals surface area contributed by atoms with E-state index in [-0.39, 0.29) is 23.7 Å². The van der Waals surface area contributed by atoms with Crippen molar-refractivity contribution in [3.63, 3.8) is 0 Å². The van der Waals surface area contributed by atoms with Crippen LogP contribution in [0.25, 0.3) is 10.9 Å². The molecule has 0 radical (unpaired) electrons. The van der Waals surface area contributed by atoms with E-state index in [1.165, 1.54) is 7.11 Å². The number of aromatic carboxylic acids is 1. The monoisotopic (exact) mass is 415 g/mol. The third-order valence-corrected chi connectivity index (χ3v) is 5.11. The van der Waals surface area contributed by atoms with Crippen LogP contribution in [0.3, 0.4) is 0 Å². The van der Waals surface area contributed by atoms with Gasteiger partial charge in [-0.15, -0.1) is 0 Å². The van der Waals surface area contributed by atoms with Crippen molar-refractivity contribution in [1.29, 1.82) is 0 Å². The fourth-order valence-electron chi connectivity index (χ4n) is 3.94. The average Bonchev–Trinajstić information content (AvgIpc) is 2.64. The number of rotatable bonds is 3. The van der Waals surface area contributed by atoms with Gasteiger partial charge in [-0.2, -0.15) is 0 Å². The van der Waals surface area contributed by atoms with Crippen LogP contribution in [0.5, 0.6) is 5.88 Å². The van der Waals surface area contributed by atoms with E-state index < -0.39 is 11.6 Å². The molecule has 8 heteroatoms. The number of fused-ring (bicyclic) bond motifs is 1. The molecule has 2 aromatic rings. The third-order valence-electron chi connectivity index (χ3n) is 5.11. The standard InChI is InChI=1S/C22H29N3O5/c1-13-11-24(12-14(2)25(13)21(28)30-22(3,4)5)17-9-7-16(20(26)27)19-15(17)8-10-18(23-19)29-6/h7-10,13-14H,11-12H2,1-6H3,(H,26,27)/t13-,14+. The van der Waals surface area contributed by atoms with Gasteiger partial charge in [-0.05, 0) is 52.8 Å². The van der Waals surface area contributed by atoms with E-state index in [1.54, 1.807) is 17.0 Å². The van der Waals surface area contributed by atoms with Gasteiger partial charge in [-0.3, -0.25) is 4.90 Å². The first-order valence-electron chi connectivity index (χ1n) is 9.99. The van der Waals surface area contributed by atoms with Crippen LogP contribution >= 0.6 is 0 Å². The van der Waals surface area contributed by atoms with E-state index in [4.69, 9.17) is 9.47 Å². The SMILES string of the molecule is COc1ccc2c(N3C[C@@H](C)N(C(=O)OC(C)(C)C)[C@@H](C)C3)ccc(C(=O)O)c2n1. The summed E-state index contributed by atoms with van der Waals surface area (Å²) in [4.78, 5) is 32.7. The second-order valence-electron chi connectivity index (χ2n) is 8.68. The summed E-state index contributed by atoms with van der Waals surface area (Å²) in [7, 11) is 1.50. The lowest BCUT2D eigenvalue weighted by Crippen LogP contribution is -2.59. The van der Waals surface area contributed by atoms with Crippen molar-refractivity contribution in [1.82, 2.24) is 9.88 Å². The third kappa shape index (κ3) is 4.27. The summed E-state index contributed by atoms with van der Waals surface area (Å²) in [6.07, 6.45) is -0.320. The molecule has 0 aliphatic carbocycles. The maximum atomic E-state index is 12.7. The molecule has 1 N–H and O–H groups in total. The molecule has 1 saturated heterocycles. The molecule has 1 fully saturated rings. The van der Waals surface area contributed by atoms with E-state index in [9.17, 15) is 14.7 Å². The molecule has 30 heavy (non-hydrogen) atoms. The minimum atomic E-state index is -1.04. The van der Waals surface area contributed by atoms with Crippen LogP contribution in [-0.4, -0.2) is 64.9 Å². The van der Waals surface area contributed by atoms with Gasteiger partial charge >= 0.3 is 12.1 Å². The number of ether oxygens (including phenoxy) is 2. The molecule has 0 saturated carbocycles. The van der Waals surface area contributed by atoms with Crippen molar-refractivity contribution in [3.05, 3.63) is 29.8 Å². The summed E-state index contributed by atoms with van der Waals surface area (Å²) in [6.45, 7) is 10.7. The van der Waals surface area contributed by atoms with Crippen molar-refractivity contribution >= 4 is 28.7 Å². The Morgan fingerprint density at radius 1 is 1.10 bits per heavy atom. The number of amides is 1. The highest BCUT2D eigenvalue weighted by Gasteiger charge is 2.36. The summed E-state index contributed by atoms with van der Waals surface area (Å²) in [5, 5.41) is 10.3. The quantitative estimate of drug-likeness (QED) is 0.816. The highest BCUT2D eigenvalue weighted by Crippen LogP contribution is 2.33. The molecule has 8 nitrogen and oxygen atoms in total. The van der Waals surface area contributed by atoms with Crippen molar-refractivity contribution < 1.29 is 24.2 Å². The number of carbonyl (C=O) groups excluding carboxylic acids is 1. The van der Waals surface area contributed by atoms with Crippen molar-refractivity contribution in [2.24, 2.45) is 0 Å². The number of pyridine rings is 1. The molecule has 1 aromatic carbocycles. The number of anilines is 1. The van der Waals surface area contributed by atoms with Crippen LogP contribution in [0.2, 0.25) is 0 Å². The molecule has 3 rings (SSSR count). The number of methoxy groups -OCH3 is 1. The van der Waals surface area contributed by atoms with Gasteiger partial charge in [-0.25, -0.2) is 14.6 Å². The smallest absolute Gasteiger partial charge is 0.410 e. The van der Waals surface area contributed by atoms with Crippen LogP contribution in [0.15, 0.2) is 24.3 Å². The Balaban J connectivity index is 1.95. The fraction of sp³-hybridized carbons (Fsp3) is 0.500. The van der Waals surface area contributed by atoms with Gasteiger partial charge in [-0.1, -0.05) is 0 Å². The lowest BCUT2D eigenvalue weighted by Gasteiger charge is -2.45. The van der Waals surface area contributed by atoms with Crippen LogP contribution in [0.1, 0.15) is 45.0 Å². The highest BCUT2D eigenvalue weighted by atomic mass is 16.6. The average molecular weight is 415 g/mol. The molecule has 1 aromatic heterocycles. The lowest BCUT2D eigenvalue weighted by molar-refractivity contribution is 0.00566. The molecule has 1 aliphatic rings. The zero-order valence-corrected chi connectivity index (χ0v) is 18.3. The Labute approximate surface area is 176 Å². The number of aromatic nitrogens is 1. The van der Waals surface area contributed by atoms with E-state index in [2.05, 4.69) is 9.88 Å². The number of carbonyl (C=O) groups is 2. The normalized spacial score (nSPS) is 19.7. The van der Waals surface area contributed by atoms with E-state index >= 15 is 0 Å². The van der Waals surface area contributed by atoms with Crippen molar-refractivity contribution in [3.8, 4) is 5.88 Å². The second kappa shape index (κ2) is 8.01. The van der Waals surface area contributed by atoms with Crippen LogP contribution < -0.4 is 9.64 Å². The molecular formula is C22H29N3O5. The number of carboxylic acids is 1. The Morgan fingerprint density at radius 3 is 2.27 bits per heavy atom. The van der Waals surface area contributed by atoms with Gasteiger partial charge in [0.05, 0.1) is 30.3 Å². The zero-order chi connectivity index (χ0) is 22.2. The molecule has 0 unspecified atom stereocenters. The largest absolute Gasteiger partial charge is 0.481 e. The molecule has 2 heterocycles. The molecule has 0 bridgehead atoms. The highest BCUT2D eigenvalue weighted by molar-refractivity contribution is 6.06. The molecular weight excluding hydrogens is 386 g/mol. The number of carboxylic acid groups (broad SMARTS) is 1. The Hall–Kier alpha value is -3.03. The van der Waals surface area contributed by atoms with Crippen LogP contribution in [-0.2, 0) is 4.74 Å². The van der Waals surface area contributed by atoms with Crippen molar-refractivity contribution in [2.45, 2.75) is 52.3 Å². The number of nitrogens with zero attached hydrogens (tertiary/aromatic N) is 3. The zero-order valence-electron chi connectivity index (χ0n) is 18.3. The van der Waals surface area contributed by atoms with Crippen LogP contribution in [0.4, 0.5) is 10.5 Å². The van der Waals surface area contributed by atoms with E-state index in [1.807, 2.05) is 46.8 Å². The minimum Gasteiger partial charge on any atom is -0.481 e. The maximum absolute atomic E-state index is 12.7. The van der Waals surface area contributed by atoms with Gasteiger partial charge in [0.1, 0.15) is 5.60 Å².